The predicted molar refractivity (Wildman–Crippen MR) is 77.8 cm³/mol. The highest BCUT2D eigenvalue weighted by Gasteiger charge is 2.40. The van der Waals surface area contributed by atoms with Gasteiger partial charge in [-0.25, -0.2) is 0 Å². The summed E-state index contributed by atoms with van der Waals surface area (Å²) in [6.07, 6.45) is 6.01. The minimum Gasteiger partial charge on any atom is -0.398 e. The van der Waals surface area contributed by atoms with E-state index in [0.717, 1.165) is 28.8 Å². The average Bonchev–Trinajstić information content (AvgIpc) is 2.97. The zero-order valence-electron chi connectivity index (χ0n) is 11.5. The summed E-state index contributed by atoms with van der Waals surface area (Å²) in [4.78, 5) is 12.2. The normalized spacial score (nSPS) is 28.6. The van der Waals surface area contributed by atoms with Gasteiger partial charge < -0.3 is 11.1 Å². The van der Waals surface area contributed by atoms with Gasteiger partial charge in [0.2, 0.25) is 5.91 Å². The maximum absolute atomic E-state index is 12.2. The van der Waals surface area contributed by atoms with E-state index in [9.17, 15) is 4.79 Å². The molecule has 0 spiro atoms. The van der Waals surface area contributed by atoms with Crippen molar-refractivity contribution in [2.75, 3.05) is 11.1 Å². The molecule has 3 heteroatoms. The quantitative estimate of drug-likeness (QED) is 0.817. The van der Waals surface area contributed by atoms with Gasteiger partial charge >= 0.3 is 0 Å². The lowest BCUT2D eigenvalue weighted by Crippen LogP contribution is -2.20. The molecule has 19 heavy (non-hydrogen) atoms. The van der Waals surface area contributed by atoms with Crippen LogP contribution < -0.4 is 11.1 Å². The lowest BCUT2D eigenvalue weighted by atomic mass is 9.86. The van der Waals surface area contributed by atoms with Gasteiger partial charge in [0.1, 0.15) is 0 Å². The van der Waals surface area contributed by atoms with Gasteiger partial charge in [-0.15, -0.1) is 0 Å². The van der Waals surface area contributed by atoms with Crippen molar-refractivity contribution >= 4 is 17.3 Å². The van der Waals surface area contributed by atoms with Crippen molar-refractivity contribution in [3.63, 3.8) is 0 Å². The molecule has 3 nitrogen and oxygen atoms in total. The highest BCUT2D eigenvalue weighted by Crippen LogP contribution is 2.49. The Labute approximate surface area is 114 Å². The number of benzene rings is 1. The van der Waals surface area contributed by atoms with E-state index in [2.05, 4.69) is 5.32 Å². The molecule has 1 aromatic carbocycles. The van der Waals surface area contributed by atoms with Crippen LogP contribution in [0.1, 0.15) is 37.7 Å². The van der Waals surface area contributed by atoms with Crippen molar-refractivity contribution < 1.29 is 4.79 Å². The van der Waals surface area contributed by atoms with E-state index < -0.39 is 0 Å². The second kappa shape index (κ2) is 4.87. The molecule has 1 amide bonds. The zero-order valence-corrected chi connectivity index (χ0v) is 11.5. The Hall–Kier alpha value is -1.51. The zero-order chi connectivity index (χ0) is 13.4. The van der Waals surface area contributed by atoms with Gasteiger partial charge in [-0.1, -0.05) is 12.5 Å². The fourth-order valence-electron chi connectivity index (χ4n) is 3.85. The van der Waals surface area contributed by atoms with Crippen LogP contribution in [0.5, 0.6) is 0 Å². The molecule has 0 aliphatic heterocycles. The predicted octanol–water partition coefficient (Wildman–Crippen LogP) is 3.34. The van der Waals surface area contributed by atoms with E-state index in [4.69, 9.17) is 5.73 Å². The van der Waals surface area contributed by atoms with Crippen LogP contribution in [0.4, 0.5) is 11.4 Å². The van der Waals surface area contributed by atoms with Gasteiger partial charge in [-0.2, -0.15) is 0 Å². The number of hydrogen-bond donors (Lipinski definition) is 2. The lowest BCUT2D eigenvalue weighted by molar-refractivity contribution is -0.117. The summed E-state index contributed by atoms with van der Waals surface area (Å²) in [6.45, 7) is 1.95. The molecular formula is C16H22N2O. The number of hydrogen-bond acceptors (Lipinski definition) is 2. The molecule has 2 aliphatic rings. The average molecular weight is 258 g/mol. The lowest BCUT2D eigenvalue weighted by Gasteiger charge is -2.21. The van der Waals surface area contributed by atoms with Crippen LogP contribution in [0.2, 0.25) is 0 Å². The van der Waals surface area contributed by atoms with Gasteiger partial charge in [0.15, 0.2) is 0 Å². The third-order valence-electron chi connectivity index (χ3n) is 4.98. The van der Waals surface area contributed by atoms with Crippen LogP contribution in [0.25, 0.3) is 0 Å². The summed E-state index contributed by atoms with van der Waals surface area (Å²) in [6, 6.07) is 5.67. The van der Waals surface area contributed by atoms with E-state index in [-0.39, 0.29) is 5.91 Å². The van der Waals surface area contributed by atoms with E-state index in [0.29, 0.717) is 12.3 Å². The fourth-order valence-corrected chi connectivity index (χ4v) is 3.85. The first-order valence-corrected chi connectivity index (χ1v) is 7.28. The molecule has 3 rings (SSSR count). The van der Waals surface area contributed by atoms with Crippen molar-refractivity contribution in [3.05, 3.63) is 23.8 Å². The molecular weight excluding hydrogens is 236 g/mol. The number of fused-ring (bicyclic) bond motifs is 2. The standard InChI is InChI=1S/C16H22N2O/c1-10-14(17)3-2-4-15(10)18-16(19)9-13-8-11-5-6-12(13)7-11/h2-4,11-13H,5-9,17H2,1H3,(H,18,19). The van der Waals surface area contributed by atoms with Crippen molar-refractivity contribution in [1.29, 1.82) is 0 Å². The number of carbonyl (C=O) groups excluding carboxylic acids is 1. The topological polar surface area (TPSA) is 55.1 Å². The molecule has 0 saturated heterocycles. The molecule has 0 radical (unpaired) electrons. The van der Waals surface area contributed by atoms with Crippen molar-refractivity contribution in [1.82, 2.24) is 0 Å². The van der Waals surface area contributed by atoms with Crippen LogP contribution in [0, 0.1) is 24.7 Å². The monoisotopic (exact) mass is 258 g/mol. The van der Waals surface area contributed by atoms with E-state index >= 15 is 0 Å². The molecule has 0 aromatic heterocycles. The highest BCUT2D eigenvalue weighted by atomic mass is 16.1. The second-order valence-corrected chi connectivity index (χ2v) is 6.21. The summed E-state index contributed by atoms with van der Waals surface area (Å²) < 4.78 is 0. The number of amides is 1. The number of rotatable bonds is 3. The molecule has 0 heterocycles. The van der Waals surface area contributed by atoms with Gasteiger partial charge in [-0.3, -0.25) is 4.79 Å². The van der Waals surface area contributed by atoms with E-state index in [1.807, 2.05) is 25.1 Å². The first-order valence-electron chi connectivity index (χ1n) is 7.28. The summed E-state index contributed by atoms with van der Waals surface area (Å²) in [5, 5.41) is 3.02. The highest BCUT2D eigenvalue weighted by molar-refractivity contribution is 5.92. The smallest absolute Gasteiger partial charge is 0.224 e. The van der Waals surface area contributed by atoms with Gasteiger partial charge in [0, 0.05) is 17.8 Å². The molecule has 2 bridgehead atoms. The maximum atomic E-state index is 12.2. The molecule has 2 saturated carbocycles. The van der Waals surface area contributed by atoms with Crippen LogP contribution in [-0.4, -0.2) is 5.91 Å². The Balaban J connectivity index is 1.61. The molecule has 3 atom stereocenters. The minimum atomic E-state index is 0.145. The Morgan fingerprint density at radius 1 is 1.37 bits per heavy atom. The number of anilines is 2. The van der Waals surface area contributed by atoms with Crippen LogP contribution in [-0.2, 0) is 4.79 Å². The number of nitrogen functional groups attached to an aromatic ring is 1. The summed E-state index contributed by atoms with van der Waals surface area (Å²) in [5.41, 5.74) is 8.41. The first kappa shape index (κ1) is 12.5. The summed E-state index contributed by atoms with van der Waals surface area (Å²) in [7, 11) is 0. The van der Waals surface area contributed by atoms with Crippen molar-refractivity contribution in [3.8, 4) is 0 Å². The van der Waals surface area contributed by atoms with Crippen molar-refractivity contribution in [2.24, 2.45) is 17.8 Å². The maximum Gasteiger partial charge on any atom is 0.224 e. The number of carbonyl (C=O) groups is 1. The first-order chi connectivity index (χ1) is 9.13. The molecule has 2 fully saturated rings. The SMILES string of the molecule is Cc1c(N)cccc1NC(=O)CC1CC2CCC1C2. The van der Waals surface area contributed by atoms with Crippen LogP contribution in [0.3, 0.4) is 0 Å². The van der Waals surface area contributed by atoms with E-state index in [1.54, 1.807) is 0 Å². The molecule has 2 aliphatic carbocycles. The third-order valence-corrected chi connectivity index (χ3v) is 4.98. The van der Waals surface area contributed by atoms with Gasteiger partial charge in [0.05, 0.1) is 0 Å². The Morgan fingerprint density at radius 2 is 2.21 bits per heavy atom. The molecule has 3 unspecified atom stereocenters. The Morgan fingerprint density at radius 3 is 2.89 bits per heavy atom. The fraction of sp³-hybridized carbons (Fsp3) is 0.562. The molecule has 102 valence electrons. The molecule has 3 N–H and O–H groups in total. The van der Waals surface area contributed by atoms with Crippen LogP contribution in [0.15, 0.2) is 18.2 Å². The van der Waals surface area contributed by atoms with Gasteiger partial charge in [-0.05, 0) is 61.6 Å². The van der Waals surface area contributed by atoms with E-state index in [1.165, 1.54) is 25.7 Å². The minimum absolute atomic E-state index is 0.145. The largest absolute Gasteiger partial charge is 0.398 e. The number of nitrogens with one attached hydrogen (secondary N) is 1. The number of nitrogens with two attached hydrogens (primary N) is 1. The van der Waals surface area contributed by atoms with Gasteiger partial charge in [0.25, 0.3) is 0 Å². The Kier molecular flexibility index (Phi) is 3.21. The summed E-state index contributed by atoms with van der Waals surface area (Å²) in [5.74, 6) is 2.46. The van der Waals surface area contributed by atoms with Crippen molar-refractivity contribution in [2.45, 2.75) is 39.0 Å². The molecule has 1 aromatic rings. The Bertz CT molecular complexity index is 498. The van der Waals surface area contributed by atoms with Crippen LogP contribution >= 0.6 is 0 Å². The second-order valence-electron chi connectivity index (χ2n) is 6.21. The summed E-state index contributed by atoms with van der Waals surface area (Å²) >= 11 is 0. The third kappa shape index (κ3) is 2.46.